The summed E-state index contributed by atoms with van der Waals surface area (Å²) >= 11 is 0. The van der Waals surface area contributed by atoms with Crippen LogP contribution in [0.5, 0.6) is 0 Å². The van der Waals surface area contributed by atoms with Gasteiger partial charge in [-0.25, -0.2) is 4.79 Å². The molecule has 0 aromatic rings. The number of carboxylic acid groups (broad SMARTS) is 1. The fourth-order valence-electron chi connectivity index (χ4n) is 3.26. The molecule has 0 radical (unpaired) electrons. The smallest absolute Gasteiger partial charge is 0.326 e. The number of carboxylic acids is 1. The first-order chi connectivity index (χ1) is 9.44. The van der Waals surface area contributed by atoms with E-state index in [9.17, 15) is 14.4 Å². The van der Waals surface area contributed by atoms with Gasteiger partial charge in [-0.3, -0.25) is 9.59 Å². The lowest BCUT2D eigenvalue weighted by molar-refractivity contribution is -0.143. The number of hydrogen-bond donors (Lipinski definition) is 4. The molecule has 2 bridgehead atoms. The van der Waals surface area contributed by atoms with E-state index in [-0.39, 0.29) is 18.2 Å². The van der Waals surface area contributed by atoms with Gasteiger partial charge < -0.3 is 21.5 Å². The fraction of sp³-hybridized carbons (Fsp3) is 0.769. The van der Waals surface area contributed by atoms with E-state index in [4.69, 9.17) is 10.8 Å². The van der Waals surface area contributed by atoms with Gasteiger partial charge in [0.25, 0.3) is 0 Å². The highest BCUT2D eigenvalue weighted by atomic mass is 16.4. The standard InChI is InChI=1S/C13H21N3O4/c14-11(17)6-10(13(19)20)16-12(18)5-7-3-8-1-2-9(4-7)15-8/h7-10,15H,1-6H2,(H2,14,17)(H,16,18)(H,19,20)/t7?,8?,9?,10-/m1/s1. The molecule has 2 unspecified atom stereocenters. The summed E-state index contributed by atoms with van der Waals surface area (Å²) in [6, 6.07) is -0.238. The highest BCUT2D eigenvalue weighted by Crippen LogP contribution is 2.32. The SMILES string of the molecule is NC(=O)C[C@@H](NC(=O)CC1CC2CCC(C1)N2)C(=O)O. The van der Waals surface area contributed by atoms with Crippen LogP contribution in [0.2, 0.25) is 0 Å². The van der Waals surface area contributed by atoms with Gasteiger partial charge in [0.1, 0.15) is 6.04 Å². The summed E-state index contributed by atoms with van der Waals surface area (Å²) in [6.07, 6.45) is 4.16. The molecule has 0 aromatic heterocycles. The largest absolute Gasteiger partial charge is 0.480 e. The highest BCUT2D eigenvalue weighted by molar-refractivity contribution is 5.88. The van der Waals surface area contributed by atoms with Crippen LogP contribution in [0, 0.1) is 5.92 Å². The first-order valence-electron chi connectivity index (χ1n) is 7.00. The van der Waals surface area contributed by atoms with Crippen molar-refractivity contribution in [3.63, 3.8) is 0 Å². The topological polar surface area (TPSA) is 122 Å². The average Bonchev–Trinajstić information content (AvgIpc) is 2.67. The van der Waals surface area contributed by atoms with Gasteiger partial charge in [-0.05, 0) is 31.6 Å². The average molecular weight is 283 g/mol. The third kappa shape index (κ3) is 3.93. The van der Waals surface area contributed by atoms with E-state index in [0.29, 0.717) is 18.5 Å². The van der Waals surface area contributed by atoms with E-state index in [0.717, 1.165) is 25.7 Å². The molecule has 7 nitrogen and oxygen atoms in total. The molecule has 2 amide bonds. The molecule has 0 spiro atoms. The van der Waals surface area contributed by atoms with Gasteiger partial charge in [0.2, 0.25) is 11.8 Å². The molecule has 3 atom stereocenters. The minimum atomic E-state index is -1.23. The molecule has 2 rings (SSSR count). The molecule has 112 valence electrons. The predicted octanol–water partition coefficient (Wildman–Crippen LogP) is -0.648. The Morgan fingerprint density at radius 3 is 2.35 bits per heavy atom. The first kappa shape index (κ1) is 14.8. The Hall–Kier alpha value is -1.63. The number of fused-ring (bicyclic) bond motifs is 2. The van der Waals surface area contributed by atoms with Crippen molar-refractivity contribution in [2.75, 3.05) is 0 Å². The van der Waals surface area contributed by atoms with Crippen LogP contribution in [0.4, 0.5) is 0 Å². The zero-order valence-corrected chi connectivity index (χ0v) is 11.3. The molecule has 2 saturated heterocycles. The molecule has 0 saturated carbocycles. The van der Waals surface area contributed by atoms with Crippen molar-refractivity contribution in [1.82, 2.24) is 10.6 Å². The minimum Gasteiger partial charge on any atom is -0.480 e. The second kappa shape index (κ2) is 6.21. The second-order valence-corrected chi connectivity index (χ2v) is 5.81. The lowest BCUT2D eigenvalue weighted by Gasteiger charge is -2.28. The summed E-state index contributed by atoms with van der Waals surface area (Å²) in [6.45, 7) is 0. The van der Waals surface area contributed by atoms with Gasteiger partial charge in [-0.2, -0.15) is 0 Å². The van der Waals surface area contributed by atoms with Crippen LogP contribution in [0.15, 0.2) is 0 Å². The Bertz CT molecular complexity index is 400. The van der Waals surface area contributed by atoms with Crippen LogP contribution in [0.3, 0.4) is 0 Å². The lowest BCUT2D eigenvalue weighted by Crippen LogP contribution is -2.45. The molecule has 2 fully saturated rings. The maximum atomic E-state index is 11.9. The Kier molecular flexibility index (Phi) is 4.59. The van der Waals surface area contributed by atoms with E-state index >= 15 is 0 Å². The highest BCUT2D eigenvalue weighted by Gasteiger charge is 2.34. The molecule has 7 heteroatoms. The van der Waals surface area contributed by atoms with Gasteiger partial charge >= 0.3 is 5.97 Å². The molecular formula is C13H21N3O4. The number of aliphatic carboxylic acids is 1. The zero-order valence-electron chi connectivity index (χ0n) is 11.3. The maximum absolute atomic E-state index is 11.9. The number of primary amides is 1. The van der Waals surface area contributed by atoms with Gasteiger partial charge in [0.15, 0.2) is 0 Å². The van der Waals surface area contributed by atoms with Crippen molar-refractivity contribution in [3.05, 3.63) is 0 Å². The fourth-order valence-corrected chi connectivity index (χ4v) is 3.26. The van der Waals surface area contributed by atoms with Crippen LogP contribution >= 0.6 is 0 Å². The van der Waals surface area contributed by atoms with Crippen LogP contribution in [-0.4, -0.2) is 41.0 Å². The van der Waals surface area contributed by atoms with Crippen LogP contribution < -0.4 is 16.4 Å². The summed E-state index contributed by atoms with van der Waals surface area (Å²) in [5.41, 5.74) is 4.97. The van der Waals surface area contributed by atoms with Crippen molar-refractivity contribution >= 4 is 17.8 Å². The van der Waals surface area contributed by atoms with Crippen molar-refractivity contribution in [2.45, 2.75) is 56.7 Å². The Morgan fingerprint density at radius 1 is 1.25 bits per heavy atom. The second-order valence-electron chi connectivity index (χ2n) is 5.81. The van der Waals surface area contributed by atoms with Gasteiger partial charge in [0, 0.05) is 18.5 Å². The molecule has 2 heterocycles. The molecule has 2 aliphatic heterocycles. The number of nitrogens with one attached hydrogen (secondary N) is 2. The molecule has 0 aromatic carbocycles. The Labute approximate surface area is 117 Å². The lowest BCUT2D eigenvalue weighted by atomic mass is 9.89. The van der Waals surface area contributed by atoms with E-state index in [2.05, 4.69) is 10.6 Å². The monoisotopic (exact) mass is 283 g/mol. The van der Waals surface area contributed by atoms with E-state index in [1.54, 1.807) is 0 Å². The normalized spacial score (nSPS) is 29.7. The summed E-state index contributed by atoms with van der Waals surface area (Å²) in [4.78, 5) is 33.6. The molecule has 20 heavy (non-hydrogen) atoms. The summed E-state index contributed by atoms with van der Waals surface area (Å²) in [5, 5.41) is 14.8. The summed E-state index contributed by atoms with van der Waals surface area (Å²) in [5.74, 6) is -2.00. The minimum absolute atomic E-state index is 0.289. The molecule has 0 aliphatic carbocycles. The summed E-state index contributed by atoms with van der Waals surface area (Å²) < 4.78 is 0. The number of carbonyl (C=O) groups excluding carboxylic acids is 2. The summed E-state index contributed by atoms with van der Waals surface area (Å²) in [7, 11) is 0. The van der Waals surface area contributed by atoms with E-state index < -0.39 is 17.9 Å². The molecule has 2 aliphatic rings. The van der Waals surface area contributed by atoms with Crippen molar-refractivity contribution < 1.29 is 19.5 Å². The first-order valence-corrected chi connectivity index (χ1v) is 7.00. The number of nitrogens with two attached hydrogens (primary N) is 1. The van der Waals surface area contributed by atoms with Gasteiger partial charge in [-0.1, -0.05) is 0 Å². The third-order valence-electron chi connectivity index (χ3n) is 4.08. The quantitative estimate of drug-likeness (QED) is 0.516. The molecule has 5 N–H and O–H groups in total. The van der Waals surface area contributed by atoms with Crippen molar-refractivity contribution in [3.8, 4) is 0 Å². The van der Waals surface area contributed by atoms with E-state index in [1.165, 1.54) is 0 Å². The van der Waals surface area contributed by atoms with Gasteiger partial charge in [-0.15, -0.1) is 0 Å². The number of rotatable bonds is 6. The Morgan fingerprint density at radius 2 is 1.85 bits per heavy atom. The van der Waals surface area contributed by atoms with Crippen LogP contribution in [0.25, 0.3) is 0 Å². The third-order valence-corrected chi connectivity index (χ3v) is 4.08. The Balaban J connectivity index is 1.81. The molecular weight excluding hydrogens is 262 g/mol. The number of hydrogen-bond acceptors (Lipinski definition) is 4. The van der Waals surface area contributed by atoms with Crippen molar-refractivity contribution in [1.29, 1.82) is 0 Å². The zero-order chi connectivity index (χ0) is 14.7. The van der Waals surface area contributed by atoms with Crippen LogP contribution in [0.1, 0.15) is 38.5 Å². The predicted molar refractivity (Wildman–Crippen MR) is 70.7 cm³/mol. The maximum Gasteiger partial charge on any atom is 0.326 e. The number of carbonyl (C=O) groups is 3. The van der Waals surface area contributed by atoms with E-state index in [1.807, 2.05) is 0 Å². The number of amides is 2. The van der Waals surface area contributed by atoms with Crippen molar-refractivity contribution in [2.24, 2.45) is 11.7 Å². The van der Waals surface area contributed by atoms with Crippen LogP contribution in [-0.2, 0) is 14.4 Å². The van der Waals surface area contributed by atoms with Gasteiger partial charge in [0.05, 0.1) is 6.42 Å². The number of piperidine rings is 1.